The number of ether oxygens (including phenoxy) is 1. The SMILES string of the molecule is CCN(CC)C(=O)CN(C)C(=O)COC(=O)c1ccc(NC(=O)CC#N)cc1. The van der Waals surface area contributed by atoms with Gasteiger partial charge >= 0.3 is 5.97 Å². The minimum absolute atomic E-state index is 0.0881. The summed E-state index contributed by atoms with van der Waals surface area (Å²) in [7, 11) is 1.47. The zero-order chi connectivity index (χ0) is 21.1. The normalized spacial score (nSPS) is 9.79. The van der Waals surface area contributed by atoms with Crippen molar-refractivity contribution >= 4 is 29.4 Å². The Kier molecular flexibility index (Phi) is 9.16. The van der Waals surface area contributed by atoms with E-state index < -0.39 is 24.4 Å². The zero-order valence-electron chi connectivity index (χ0n) is 16.2. The molecule has 0 aliphatic carbocycles. The summed E-state index contributed by atoms with van der Waals surface area (Å²) in [5.74, 6) is -1.83. The molecule has 28 heavy (non-hydrogen) atoms. The Morgan fingerprint density at radius 3 is 2.21 bits per heavy atom. The van der Waals surface area contributed by atoms with E-state index in [2.05, 4.69) is 5.32 Å². The number of amides is 3. The highest BCUT2D eigenvalue weighted by atomic mass is 16.5. The fraction of sp³-hybridized carbons (Fsp3) is 0.421. The van der Waals surface area contributed by atoms with Gasteiger partial charge in [0.05, 0.1) is 18.2 Å². The number of esters is 1. The summed E-state index contributed by atoms with van der Waals surface area (Å²) in [5.41, 5.74) is 0.635. The summed E-state index contributed by atoms with van der Waals surface area (Å²) in [6, 6.07) is 7.58. The van der Waals surface area contributed by atoms with Gasteiger partial charge in [0.25, 0.3) is 5.91 Å². The summed E-state index contributed by atoms with van der Waals surface area (Å²) in [5, 5.41) is 11.0. The van der Waals surface area contributed by atoms with Crippen LogP contribution in [-0.4, -0.2) is 66.8 Å². The maximum absolute atomic E-state index is 12.1. The fourth-order valence-corrected chi connectivity index (χ4v) is 2.25. The Morgan fingerprint density at radius 1 is 1.07 bits per heavy atom. The molecule has 150 valence electrons. The molecule has 0 spiro atoms. The van der Waals surface area contributed by atoms with Crippen LogP contribution < -0.4 is 5.32 Å². The third-order valence-electron chi connectivity index (χ3n) is 3.89. The van der Waals surface area contributed by atoms with Gasteiger partial charge < -0.3 is 19.9 Å². The van der Waals surface area contributed by atoms with Crippen molar-refractivity contribution in [2.45, 2.75) is 20.3 Å². The topological polar surface area (TPSA) is 120 Å². The van der Waals surface area contributed by atoms with E-state index in [9.17, 15) is 19.2 Å². The first-order chi connectivity index (χ1) is 13.3. The first-order valence-electron chi connectivity index (χ1n) is 8.78. The van der Waals surface area contributed by atoms with E-state index in [1.54, 1.807) is 11.0 Å². The summed E-state index contributed by atoms with van der Waals surface area (Å²) in [6.45, 7) is 4.24. The van der Waals surface area contributed by atoms with Crippen LogP contribution in [0.4, 0.5) is 5.69 Å². The van der Waals surface area contributed by atoms with Gasteiger partial charge in [-0.2, -0.15) is 5.26 Å². The maximum Gasteiger partial charge on any atom is 0.338 e. The first kappa shape index (κ1) is 22.6. The van der Waals surface area contributed by atoms with Gasteiger partial charge in [0.2, 0.25) is 11.8 Å². The Bertz CT molecular complexity index is 751. The summed E-state index contributed by atoms with van der Waals surface area (Å²) >= 11 is 0. The van der Waals surface area contributed by atoms with Gasteiger partial charge in [0.15, 0.2) is 6.61 Å². The van der Waals surface area contributed by atoms with Crippen molar-refractivity contribution in [3.63, 3.8) is 0 Å². The van der Waals surface area contributed by atoms with Gasteiger partial charge in [-0.25, -0.2) is 4.79 Å². The van der Waals surface area contributed by atoms with Crippen LogP contribution in [0.25, 0.3) is 0 Å². The molecule has 0 unspecified atom stereocenters. The van der Waals surface area contributed by atoms with E-state index in [1.807, 2.05) is 13.8 Å². The van der Waals surface area contributed by atoms with Crippen LogP contribution in [0.1, 0.15) is 30.6 Å². The molecule has 1 N–H and O–H groups in total. The summed E-state index contributed by atoms with van der Waals surface area (Å²) < 4.78 is 4.98. The van der Waals surface area contributed by atoms with Crippen LogP contribution in [0.2, 0.25) is 0 Å². The van der Waals surface area contributed by atoms with Gasteiger partial charge in [0.1, 0.15) is 6.42 Å². The molecule has 0 saturated carbocycles. The van der Waals surface area contributed by atoms with Gasteiger partial charge in [-0.05, 0) is 38.1 Å². The van der Waals surface area contributed by atoms with Crippen LogP contribution in [0, 0.1) is 11.3 Å². The monoisotopic (exact) mass is 388 g/mol. The van der Waals surface area contributed by atoms with E-state index in [0.29, 0.717) is 18.8 Å². The quantitative estimate of drug-likeness (QED) is 0.631. The summed E-state index contributed by atoms with van der Waals surface area (Å²) in [6.07, 6.45) is -0.268. The third-order valence-corrected chi connectivity index (χ3v) is 3.89. The molecule has 0 fully saturated rings. The fourth-order valence-electron chi connectivity index (χ4n) is 2.25. The molecular formula is C19H24N4O5. The lowest BCUT2D eigenvalue weighted by Gasteiger charge is -2.23. The van der Waals surface area contributed by atoms with Gasteiger partial charge in [-0.1, -0.05) is 0 Å². The van der Waals surface area contributed by atoms with E-state index >= 15 is 0 Å². The second-order valence-electron chi connectivity index (χ2n) is 5.85. The lowest BCUT2D eigenvalue weighted by molar-refractivity contribution is -0.140. The molecule has 0 saturated heterocycles. The van der Waals surface area contributed by atoms with Crippen molar-refractivity contribution in [2.75, 3.05) is 38.6 Å². The maximum atomic E-state index is 12.1. The minimum Gasteiger partial charge on any atom is -0.452 e. The van der Waals surface area contributed by atoms with Gasteiger partial charge in [0, 0.05) is 25.8 Å². The molecule has 3 amide bonds. The minimum atomic E-state index is -0.702. The molecule has 0 aliphatic rings. The number of hydrogen-bond donors (Lipinski definition) is 1. The van der Waals surface area contributed by atoms with E-state index in [1.165, 1.54) is 36.2 Å². The predicted octanol–water partition coefficient (Wildman–Crippen LogP) is 1.02. The molecule has 0 aromatic heterocycles. The van der Waals surface area contributed by atoms with Crippen molar-refractivity contribution in [1.82, 2.24) is 9.80 Å². The molecule has 0 atom stereocenters. The van der Waals surface area contributed by atoms with E-state index in [0.717, 1.165) is 0 Å². The smallest absolute Gasteiger partial charge is 0.338 e. The molecule has 9 nitrogen and oxygen atoms in total. The zero-order valence-corrected chi connectivity index (χ0v) is 16.2. The number of nitrogens with one attached hydrogen (secondary N) is 1. The Labute approximate surface area is 163 Å². The number of nitriles is 1. The first-order valence-corrected chi connectivity index (χ1v) is 8.78. The number of carbonyl (C=O) groups excluding carboxylic acids is 4. The van der Waals surface area contributed by atoms with Gasteiger partial charge in [-0.3, -0.25) is 14.4 Å². The van der Waals surface area contributed by atoms with Gasteiger partial charge in [-0.15, -0.1) is 0 Å². The predicted molar refractivity (Wildman–Crippen MR) is 101 cm³/mol. The highest BCUT2D eigenvalue weighted by molar-refractivity contribution is 5.94. The molecule has 0 aliphatic heterocycles. The van der Waals surface area contributed by atoms with Crippen LogP contribution in [-0.2, 0) is 19.1 Å². The highest BCUT2D eigenvalue weighted by Gasteiger charge is 2.18. The van der Waals surface area contributed by atoms with E-state index in [-0.39, 0.29) is 24.4 Å². The molecule has 0 bridgehead atoms. The number of rotatable bonds is 9. The van der Waals surface area contributed by atoms with Crippen LogP contribution in [0.15, 0.2) is 24.3 Å². The van der Waals surface area contributed by atoms with Crippen LogP contribution in [0.5, 0.6) is 0 Å². The number of nitrogens with zero attached hydrogens (tertiary/aromatic N) is 3. The van der Waals surface area contributed by atoms with Crippen molar-refractivity contribution in [3.05, 3.63) is 29.8 Å². The second-order valence-corrected chi connectivity index (χ2v) is 5.85. The molecule has 0 heterocycles. The summed E-state index contributed by atoms with van der Waals surface area (Å²) in [4.78, 5) is 50.2. The Balaban J connectivity index is 2.52. The van der Waals surface area contributed by atoms with E-state index in [4.69, 9.17) is 10.00 Å². The molecule has 1 aromatic carbocycles. The molecule has 1 rings (SSSR count). The van der Waals surface area contributed by atoms with Crippen LogP contribution >= 0.6 is 0 Å². The average molecular weight is 388 g/mol. The highest BCUT2D eigenvalue weighted by Crippen LogP contribution is 2.11. The molecule has 0 radical (unpaired) electrons. The largest absolute Gasteiger partial charge is 0.452 e. The third kappa shape index (κ3) is 7.07. The van der Waals surface area contributed by atoms with Crippen molar-refractivity contribution < 1.29 is 23.9 Å². The van der Waals surface area contributed by atoms with Crippen molar-refractivity contribution in [3.8, 4) is 6.07 Å². The number of likely N-dealkylation sites (N-methyl/N-ethyl adjacent to an activating group) is 2. The lowest BCUT2D eigenvalue weighted by atomic mass is 10.2. The standard InChI is InChI=1S/C19H24N4O5/c1-4-23(5-2)17(25)12-22(3)18(26)13-28-19(27)14-6-8-15(9-7-14)21-16(24)10-11-20/h6-9H,4-5,10,12-13H2,1-3H3,(H,21,24). The average Bonchev–Trinajstić information content (AvgIpc) is 2.67. The number of carbonyl (C=O) groups is 4. The number of benzene rings is 1. The lowest BCUT2D eigenvalue weighted by Crippen LogP contribution is -2.42. The molecule has 9 heteroatoms. The Morgan fingerprint density at radius 2 is 1.68 bits per heavy atom. The molecular weight excluding hydrogens is 364 g/mol. The van der Waals surface area contributed by atoms with Crippen LogP contribution in [0.3, 0.4) is 0 Å². The second kappa shape index (κ2) is 11.3. The number of hydrogen-bond acceptors (Lipinski definition) is 6. The van der Waals surface area contributed by atoms with Crippen molar-refractivity contribution in [2.24, 2.45) is 0 Å². The molecule has 1 aromatic rings. The Hall–Kier alpha value is -3.41. The van der Waals surface area contributed by atoms with Crippen molar-refractivity contribution in [1.29, 1.82) is 5.26 Å². The number of anilines is 1.